The Balaban J connectivity index is 1.34. The number of nitrogens with zero attached hydrogens (tertiary/aromatic N) is 2. The summed E-state index contributed by atoms with van der Waals surface area (Å²) in [7, 11) is 0. The molecule has 0 aliphatic rings. The van der Waals surface area contributed by atoms with E-state index in [1.807, 2.05) is 67.6 Å². The van der Waals surface area contributed by atoms with Crippen LogP contribution in [0.5, 0.6) is 0 Å². The van der Waals surface area contributed by atoms with Crippen LogP contribution in [0.4, 0.5) is 0 Å². The van der Waals surface area contributed by atoms with Crippen LogP contribution in [0, 0.1) is 11.7 Å². The number of rotatable bonds is 9. The van der Waals surface area contributed by atoms with E-state index in [0.29, 0.717) is 30.4 Å². The SMILES string of the molecule is Cc1cccc(-c2n[nH]c(=S)n2CC(=O)NCc2cccc(COCc3ccco3)c2)c1. The van der Waals surface area contributed by atoms with Gasteiger partial charge >= 0.3 is 0 Å². The zero-order valence-corrected chi connectivity index (χ0v) is 18.5. The monoisotopic (exact) mass is 448 g/mol. The first kappa shape index (κ1) is 21.7. The van der Waals surface area contributed by atoms with Gasteiger partial charge in [-0.1, -0.05) is 48.0 Å². The van der Waals surface area contributed by atoms with Crippen LogP contribution in [0.15, 0.2) is 71.3 Å². The van der Waals surface area contributed by atoms with Crippen molar-refractivity contribution in [2.45, 2.75) is 33.2 Å². The first-order valence-electron chi connectivity index (χ1n) is 10.3. The largest absolute Gasteiger partial charge is 0.467 e. The van der Waals surface area contributed by atoms with Crippen molar-refractivity contribution < 1.29 is 13.9 Å². The summed E-state index contributed by atoms with van der Waals surface area (Å²) >= 11 is 5.33. The van der Waals surface area contributed by atoms with Crippen LogP contribution < -0.4 is 5.32 Å². The number of furan rings is 1. The second kappa shape index (κ2) is 10.2. The summed E-state index contributed by atoms with van der Waals surface area (Å²) < 4.78 is 13.1. The van der Waals surface area contributed by atoms with E-state index >= 15 is 0 Å². The number of hydrogen-bond donors (Lipinski definition) is 2. The molecule has 0 atom stereocenters. The van der Waals surface area contributed by atoms with Crippen molar-refractivity contribution in [1.29, 1.82) is 0 Å². The number of carbonyl (C=O) groups excluding carboxylic acids is 1. The number of H-pyrrole nitrogens is 1. The normalized spacial score (nSPS) is 10.9. The standard InChI is InChI=1S/C24H24N4O3S/c1-17-5-2-8-20(11-17)23-26-27-24(32)28(23)14-22(29)25-13-18-6-3-7-19(12-18)15-30-16-21-9-4-10-31-21/h2-12H,13-16H2,1H3,(H,25,29)(H,27,32). The molecule has 8 heteroatoms. The molecule has 2 heterocycles. The number of nitrogens with one attached hydrogen (secondary N) is 2. The van der Waals surface area contributed by atoms with Crippen LogP contribution in [0.1, 0.15) is 22.5 Å². The number of aromatic nitrogens is 3. The third-order valence-corrected chi connectivity index (χ3v) is 5.22. The smallest absolute Gasteiger partial charge is 0.240 e. The van der Waals surface area contributed by atoms with Crippen molar-refractivity contribution in [1.82, 2.24) is 20.1 Å². The molecule has 0 aliphatic heterocycles. The quantitative estimate of drug-likeness (QED) is 0.367. The lowest BCUT2D eigenvalue weighted by molar-refractivity contribution is -0.121. The highest BCUT2D eigenvalue weighted by atomic mass is 32.1. The number of aryl methyl sites for hydroxylation is 1. The molecule has 0 unspecified atom stereocenters. The average Bonchev–Trinajstić information content (AvgIpc) is 3.43. The molecule has 0 spiro atoms. The fourth-order valence-electron chi connectivity index (χ4n) is 3.36. The van der Waals surface area contributed by atoms with Gasteiger partial charge in [-0.3, -0.25) is 14.5 Å². The summed E-state index contributed by atoms with van der Waals surface area (Å²) in [5.74, 6) is 1.29. The first-order chi connectivity index (χ1) is 15.6. The van der Waals surface area contributed by atoms with Gasteiger partial charge in [-0.05, 0) is 48.5 Å². The number of aromatic amines is 1. The van der Waals surface area contributed by atoms with E-state index in [1.54, 1.807) is 10.8 Å². The maximum atomic E-state index is 12.6. The summed E-state index contributed by atoms with van der Waals surface area (Å²) in [6.45, 7) is 3.40. The van der Waals surface area contributed by atoms with Crippen molar-refractivity contribution in [3.63, 3.8) is 0 Å². The van der Waals surface area contributed by atoms with Crippen LogP contribution >= 0.6 is 12.2 Å². The van der Waals surface area contributed by atoms with Crippen LogP contribution in [-0.2, 0) is 35.8 Å². The number of carbonyl (C=O) groups is 1. The lowest BCUT2D eigenvalue weighted by atomic mass is 10.1. The minimum atomic E-state index is -0.143. The molecule has 2 aromatic carbocycles. The second-order valence-electron chi connectivity index (χ2n) is 7.48. The maximum absolute atomic E-state index is 12.6. The van der Waals surface area contributed by atoms with E-state index < -0.39 is 0 Å². The molecule has 0 bridgehead atoms. The number of benzene rings is 2. The molecule has 4 rings (SSSR count). The molecule has 2 aromatic heterocycles. The van der Waals surface area contributed by atoms with Gasteiger partial charge in [0, 0.05) is 12.1 Å². The Kier molecular flexibility index (Phi) is 6.94. The third-order valence-electron chi connectivity index (χ3n) is 4.91. The molecule has 2 N–H and O–H groups in total. The van der Waals surface area contributed by atoms with Crippen LogP contribution in [0.25, 0.3) is 11.4 Å². The van der Waals surface area contributed by atoms with E-state index in [2.05, 4.69) is 15.5 Å². The number of amides is 1. The molecular formula is C24H24N4O3S. The van der Waals surface area contributed by atoms with Crippen LogP contribution in [0.3, 0.4) is 0 Å². The summed E-state index contributed by atoms with van der Waals surface area (Å²) in [6, 6.07) is 19.6. The number of ether oxygens (including phenoxy) is 1. The Bertz CT molecular complexity index is 1240. The van der Waals surface area contributed by atoms with Gasteiger partial charge in [0.15, 0.2) is 10.6 Å². The van der Waals surface area contributed by atoms with Gasteiger partial charge < -0.3 is 14.5 Å². The van der Waals surface area contributed by atoms with Gasteiger partial charge in [-0.2, -0.15) is 5.10 Å². The van der Waals surface area contributed by atoms with E-state index in [9.17, 15) is 4.79 Å². The number of hydrogen-bond acceptors (Lipinski definition) is 5. The van der Waals surface area contributed by atoms with Gasteiger partial charge in [0.05, 0.1) is 12.9 Å². The Morgan fingerprint density at radius 3 is 2.78 bits per heavy atom. The molecule has 32 heavy (non-hydrogen) atoms. The van der Waals surface area contributed by atoms with E-state index in [-0.39, 0.29) is 12.5 Å². The summed E-state index contributed by atoms with van der Waals surface area (Å²) in [6.07, 6.45) is 1.63. The molecule has 7 nitrogen and oxygen atoms in total. The maximum Gasteiger partial charge on any atom is 0.240 e. The zero-order valence-electron chi connectivity index (χ0n) is 17.7. The summed E-state index contributed by atoms with van der Waals surface area (Å²) in [4.78, 5) is 12.6. The Hall–Kier alpha value is -3.49. The van der Waals surface area contributed by atoms with Gasteiger partial charge in [0.1, 0.15) is 18.9 Å². The van der Waals surface area contributed by atoms with Crippen molar-refractivity contribution in [3.8, 4) is 11.4 Å². The van der Waals surface area contributed by atoms with Gasteiger partial charge in [-0.25, -0.2) is 0 Å². The molecular weight excluding hydrogens is 424 g/mol. The molecule has 0 saturated heterocycles. The lowest BCUT2D eigenvalue weighted by Gasteiger charge is -2.10. The van der Waals surface area contributed by atoms with E-state index in [0.717, 1.165) is 28.0 Å². The minimum Gasteiger partial charge on any atom is -0.467 e. The fourth-order valence-corrected chi connectivity index (χ4v) is 3.56. The van der Waals surface area contributed by atoms with Crippen LogP contribution in [-0.4, -0.2) is 20.7 Å². The van der Waals surface area contributed by atoms with E-state index in [4.69, 9.17) is 21.4 Å². The third kappa shape index (κ3) is 5.60. The average molecular weight is 449 g/mol. The molecule has 0 aliphatic carbocycles. The minimum absolute atomic E-state index is 0.0879. The molecule has 0 radical (unpaired) electrons. The van der Waals surface area contributed by atoms with Gasteiger partial charge in [0.25, 0.3) is 0 Å². The van der Waals surface area contributed by atoms with Crippen molar-refractivity contribution in [2.24, 2.45) is 0 Å². The highest BCUT2D eigenvalue weighted by molar-refractivity contribution is 7.71. The molecule has 4 aromatic rings. The Morgan fingerprint density at radius 2 is 1.97 bits per heavy atom. The molecule has 0 saturated carbocycles. The summed E-state index contributed by atoms with van der Waals surface area (Å²) in [5, 5.41) is 10.0. The fraction of sp³-hybridized carbons (Fsp3) is 0.208. The zero-order chi connectivity index (χ0) is 22.3. The van der Waals surface area contributed by atoms with Crippen molar-refractivity contribution in [2.75, 3.05) is 0 Å². The molecule has 164 valence electrons. The second-order valence-corrected chi connectivity index (χ2v) is 7.86. The topological polar surface area (TPSA) is 85.1 Å². The van der Waals surface area contributed by atoms with Gasteiger partial charge in [-0.15, -0.1) is 0 Å². The van der Waals surface area contributed by atoms with E-state index in [1.165, 1.54) is 0 Å². The van der Waals surface area contributed by atoms with Crippen molar-refractivity contribution >= 4 is 18.1 Å². The highest BCUT2D eigenvalue weighted by Gasteiger charge is 2.12. The Labute approximate surface area is 191 Å². The highest BCUT2D eigenvalue weighted by Crippen LogP contribution is 2.18. The van der Waals surface area contributed by atoms with Gasteiger partial charge in [0.2, 0.25) is 5.91 Å². The van der Waals surface area contributed by atoms with Crippen molar-refractivity contribution in [3.05, 3.63) is 94.1 Å². The first-order valence-corrected chi connectivity index (χ1v) is 10.7. The summed E-state index contributed by atoms with van der Waals surface area (Å²) in [5.41, 5.74) is 4.04. The predicted molar refractivity (Wildman–Crippen MR) is 123 cm³/mol. The van der Waals surface area contributed by atoms with Crippen LogP contribution in [0.2, 0.25) is 0 Å². The molecule has 1 amide bonds. The Morgan fingerprint density at radius 1 is 1.12 bits per heavy atom. The predicted octanol–water partition coefficient (Wildman–Crippen LogP) is 4.54. The molecule has 0 fully saturated rings. The lowest BCUT2D eigenvalue weighted by Crippen LogP contribution is -2.27.